The van der Waals surface area contributed by atoms with Gasteiger partial charge in [-0.25, -0.2) is 0 Å². The van der Waals surface area contributed by atoms with Gasteiger partial charge in [0.15, 0.2) is 0 Å². The highest BCUT2D eigenvalue weighted by Gasteiger charge is 2.58. The molecule has 3 unspecified atom stereocenters. The fourth-order valence-electron chi connectivity index (χ4n) is 2.70. The van der Waals surface area contributed by atoms with Crippen molar-refractivity contribution < 1.29 is 14.3 Å². The first-order valence-electron chi connectivity index (χ1n) is 5.58. The normalized spacial score (nSPS) is 41.4. The molecule has 2 bridgehead atoms. The minimum atomic E-state index is -0.578. The Hall–Kier alpha value is -1.32. The fourth-order valence-corrected chi connectivity index (χ4v) is 2.70. The molecular weight excluding hydrogens is 206 g/mol. The molecule has 0 radical (unpaired) electrons. The second-order valence-electron chi connectivity index (χ2n) is 5.12. The Kier molecular flexibility index (Phi) is 2.33. The van der Waals surface area contributed by atoms with Crippen molar-refractivity contribution >= 4 is 11.9 Å². The molecule has 3 atom stereocenters. The molecule has 16 heavy (non-hydrogen) atoms. The van der Waals surface area contributed by atoms with Gasteiger partial charge >= 0.3 is 5.97 Å². The second-order valence-corrected chi connectivity index (χ2v) is 5.12. The van der Waals surface area contributed by atoms with Gasteiger partial charge in [-0.1, -0.05) is 6.58 Å². The zero-order valence-corrected chi connectivity index (χ0v) is 9.71. The van der Waals surface area contributed by atoms with Crippen LogP contribution in [-0.2, 0) is 14.3 Å². The molecule has 1 aliphatic carbocycles. The third-order valence-corrected chi connectivity index (χ3v) is 4.04. The zero-order chi connectivity index (χ0) is 12.0. The van der Waals surface area contributed by atoms with Gasteiger partial charge in [0.1, 0.15) is 5.60 Å². The predicted octanol–water partition coefficient (Wildman–Crippen LogP) is 1.16. The van der Waals surface area contributed by atoms with Crippen molar-refractivity contribution in [1.29, 1.82) is 0 Å². The number of carbonyl (C=O) groups is 2. The van der Waals surface area contributed by atoms with Crippen molar-refractivity contribution in [1.82, 2.24) is 5.32 Å². The van der Waals surface area contributed by atoms with Crippen molar-refractivity contribution in [2.24, 2.45) is 5.92 Å². The summed E-state index contributed by atoms with van der Waals surface area (Å²) in [6, 6.07) is 0. The lowest BCUT2D eigenvalue weighted by Gasteiger charge is -2.45. The molecule has 1 amide bonds. The van der Waals surface area contributed by atoms with Gasteiger partial charge in [-0.05, 0) is 32.8 Å². The molecule has 2 rings (SSSR count). The topological polar surface area (TPSA) is 55.4 Å². The zero-order valence-electron chi connectivity index (χ0n) is 9.71. The van der Waals surface area contributed by atoms with Gasteiger partial charge in [0.25, 0.3) is 0 Å². The van der Waals surface area contributed by atoms with Crippen LogP contribution in [0, 0.1) is 5.92 Å². The van der Waals surface area contributed by atoms with Crippen LogP contribution in [0.25, 0.3) is 0 Å². The molecule has 0 aromatic heterocycles. The SMILES string of the molecule is C=CC(=O)NC1(C)CCC2CC1(C)OC2=O. The Bertz CT molecular complexity index is 365. The molecule has 0 aromatic rings. The van der Waals surface area contributed by atoms with E-state index in [0.29, 0.717) is 6.42 Å². The van der Waals surface area contributed by atoms with E-state index in [1.54, 1.807) is 0 Å². The van der Waals surface area contributed by atoms with E-state index in [0.717, 1.165) is 12.8 Å². The van der Waals surface area contributed by atoms with E-state index < -0.39 is 11.1 Å². The number of hydrogen-bond acceptors (Lipinski definition) is 3. The van der Waals surface area contributed by atoms with Crippen molar-refractivity contribution in [3.63, 3.8) is 0 Å². The average molecular weight is 223 g/mol. The number of nitrogens with one attached hydrogen (secondary N) is 1. The molecule has 0 spiro atoms. The van der Waals surface area contributed by atoms with Crippen LogP contribution >= 0.6 is 0 Å². The molecule has 1 N–H and O–H groups in total. The average Bonchev–Trinajstić information content (AvgIpc) is 2.47. The summed E-state index contributed by atoms with van der Waals surface area (Å²) in [5.41, 5.74) is -1.06. The van der Waals surface area contributed by atoms with Crippen LogP contribution in [0.2, 0.25) is 0 Å². The Morgan fingerprint density at radius 3 is 2.94 bits per heavy atom. The minimum absolute atomic E-state index is 0.0127. The third-order valence-electron chi connectivity index (χ3n) is 4.04. The maximum Gasteiger partial charge on any atom is 0.309 e. The highest BCUT2D eigenvalue weighted by atomic mass is 16.6. The first-order valence-corrected chi connectivity index (χ1v) is 5.58. The van der Waals surface area contributed by atoms with E-state index in [4.69, 9.17) is 4.74 Å². The second kappa shape index (κ2) is 3.34. The molecule has 4 nitrogen and oxygen atoms in total. The highest BCUT2D eigenvalue weighted by molar-refractivity contribution is 5.88. The third kappa shape index (κ3) is 1.44. The van der Waals surface area contributed by atoms with E-state index >= 15 is 0 Å². The van der Waals surface area contributed by atoms with Gasteiger partial charge in [0, 0.05) is 6.42 Å². The summed E-state index contributed by atoms with van der Waals surface area (Å²) in [5, 5.41) is 2.90. The highest BCUT2D eigenvalue weighted by Crippen LogP contribution is 2.48. The maximum absolute atomic E-state index is 11.5. The van der Waals surface area contributed by atoms with Crippen LogP contribution in [0.4, 0.5) is 0 Å². The van der Waals surface area contributed by atoms with E-state index in [2.05, 4.69) is 11.9 Å². The summed E-state index contributed by atoms with van der Waals surface area (Å²) >= 11 is 0. The first kappa shape index (κ1) is 11.2. The minimum Gasteiger partial charge on any atom is -0.457 e. The number of fused-ring (bicyclic) bond motifs is 2. The standard InChI is InChI=1S/C12H17NO3/c1-4-9(14)13-11(2)6-5-8-7-12(11,3)16-10(8)15/h4,8H,1,5-7H2,2-3H3,(H,13,14). The molecular formula is C12H17NO3. The van der Waals surface area contributed by atoms with Gasteiger partial charge in [0.05, 0.1) is 11.5 Å². The maximum atomic E-state index is 11.5. The van der Waals surface area contributed by atoms with Crippen LogP contribution in [0.15, 0.2) is 12.7 Å². The Morgan fingerprint density at radius 2 is 2.31 bits per heavy atom. The molecule has 2 fully saturated rings. The van der Waals surface area contributed by atoms with Gasteiger partial charge < -0.3 is 10.1 Å². The predicted molar refractivity (Wildman–Crippen MR) is 58.6 cm³/mol. The Balaban J connectivity index is 2.25. The first-order chi connectivity index (χ1) is 7.40. The molecule has 1 saturated carbocycles. The number of carbonyl (C=O) groups excluding carboxylic acids is 2. The Morgan fingerprint density at radius 1 is 1.62 bits per heavy atom. The number of esters is 1. The molecule has 0 aromatic carbocycles. The summed E-state index contributed by atoms with van der Waals surface area (Å²) in [5.74, 6) is -0.331. The van der Waals surface area contributed by atoms with Crippen LogP contribution in [0.1, 0.15) is 33.1 Å². The largest absolute Gasteiger partial charge is 0.457 e. The molecule has 1 heterocycles. The fraction of sp³-hybridized carbons (Fsp3) is 0.667. The van der Waals surface area contributed by atoms with Gasteiger partial charge in [-0.15, -0.1) is 0 Å². The monoisotopic (exact) mass is 223 g/mol. The number of ether oxygens (including phenoxy) is 1. The molecule has 2 aliphatic rings. The van der Waals surface area contributed by atoms with Crippen LogP contribution in [-0.4, -0.2) is 23.0 Å². The smallest absolute Gasteiger partial charge is 0.309 e. The van der Waals surface area contributed by atoms with E-state index in [-0.39, 0.29) is 17.8 Å². The van der Waals surface area contributed by atoms with Crippen LogP contribution in [0.3, 0.4) is 0 Å². The number of amides is 1. The molecule has 88 valence electrons. The summed E-state index contributed by atoms with van der Waals surface area (Å²) in [6.07, 6.45) is 3.49. The van der Waals surface area contributed by atoms with Crippen LogP contribution in [0.5, 0.6) is 0 Å². The van der Waals surface area contributed by atoms with E-state index in [9.17, 15) is 9.59 Å². The van der Waals surface area contributed by atoms with Crippen molar-refractivity contribution in [3.05, 3.63) is 12.7 Å². The number of hydrogen-bond donors (Lipinski definition) is 1. The lowest BCUT2D eigenvalue weighted by molar-refractivity contribution is -0.154. The van der Waals surface area contributed by atoms with Crippen molar-refractivity contribution in [3.8, 4) is 0 Å². The van der Waals surface area contributed by atoms with Crippen molar-refractivity contribution in [2.45, 2.75) is 44.2 Å². The Labute approximate surface area is 95.0 Å². The number of rotatable bonds is 2. The van der Waals surface area contributed by atoms with Crippen LogP contribution < -0.4 is 5.32 Å². The lowest BCUT2D eigenvalue weighted by atomic mass is 9.69. The summed E-state index contributed by atoms with van der Waals surface area (Å²) in [7, 11) is 0. The molecule has 4 heteroatoms. The summed E-state index contributed by atoms with van der Waals surface area (Å²) < 4.78 is 5.45. The van der Waals surface area contributed by atoms with E-state index in [1.807, 2.05) is 13.8 Å². The van der Waals surface area contributed by atoms with Gasteiger partial charge in [0.2, 0.25) is 5.91 Å². The van der Waals surface area contributed by atoms with Crippen molar-refractivity contribution in [2.75, 3.05) is 0 Å². The quantitative estimate of drug-likeness (QED) is 0.564. The van der Waals surface area contributed by atoms with Gasteiger partial charge in [-0.3, -0.25) is 9.59 Å². The summed E-state index contributed by atoms with van der Waals surface area (Å²) in [6.45, 7) is 7.27. The summed E-state index contributed by atoms with van der Waals surface area (Å²) in [4.78, 5) is 23.0. The van der Waals surface area contributed by atoms with E-state index in [1.165, 1.54) is 6.08 Å². The molecule has 1 saturated heterocycles. The van der Waals surface area contributed by atoms with Gasteiger partial charge in [-0.2, -0.15) is 0 Å². The molecule has 1 aliphatic heterocycles. The lowest BCUT2D eigenvalue weighted by Crippen LogP contribution is -2.62.